The van der Waals surface area contributed by atoms with Gasteiger partial charge in [0.2, 0.25) is 0 Å². The van der Waals surface area contributed by atoms with E-state index in [1.807, 2.05) is 0 Å². The Labute approximate surface area is 107 Å². The van der Waals surface area contributed by atoms with Gasteiger partial charge in [0, 0.05) is 13.0 Å². The Bertz CT molecular complexity index is 435. The van der Waals surface area contributed by atoms with Gasteiger partial charge in [0.1, 0.15) is 0 Å². The Morgan fingerprint density at radius 2 is 2.06 bits per heavy atom. The summed E-state index contributed by atoms with van der Waals surface area (Å²) < 4.78 is 37.3. The number of benzene rings is 1. The summed E-state index contributed by atoms with van der Waals surface area (Å²) in [7, 11) is 0. The number of hydrogen-bond donors (Lipinski definition) is 2. The van der Waals surface area contributed by atoms with Gasteiger partial charge in [-0.15, -0.1) is 0 Å². The van der Waals surface area contributed by atoms with Crippen molar-refractivity contribution in [3.63, 3.8) is 0 Å². The van der Waals surface area contributed by atoms with Gasteiger partial charge in [-0.3, -0.25) is 4.79 Å². The maximum Gasteiger partial charge on any atom is 0.416 e. The zero-order valence-electron chi connectivity index (χ0n) is 9.22. The summed E-state index contributed by atoms with van der Waals surface area (Å²) in [5, 5.41) is 11.3. The number of carbonyl (C=O) groups is 1. The lowest BCUT2D eigenvalue weighted by atomic mass is 10.2. The van der Waals surface area contributed by atoms with Crippen molar-refractivity contribution in [1.82, 2.24) is 0 Å². The van der Waals surface area contributed by atoms with Gasteiger partial charge in [0.15, 0.2) is 0 Å². The van der Waals surface area contributed by atoms with Crippen LogP contribution < -0.4 is 5.32 Å². The number of aliphatic carboxylic acids is 1. The predicted molar refractivity (Wildman–Crippen MR) is 61.8 cm³/mol. The lowest BCUT2D eigenvalue weighted by molar-refractivity contribution is -0.138. The standard InChI is InChI=1S/C11H11ClF3NO2/c12-8-4-3-7(11(13,14)15)6-9(8)16-5-1-2-10(17)18/h3-4,6,16H,1-2,5H2,(H,17,18). The van der Waals surface area contributed by atoms with Crippen molar-refractivity contribution in [2.24, 2.45) is 0 Å². The van der Waals surface area contributed by atoms with E-state index in [9.17, 15) is 18.0 Å². The van der Waals surface area contributed by atoms with E-state index in [1.54, 1.807) is 0 Å². The number of carboxylic acids is 1. The molecule has 1 rings (SSSR count). The minimum atomic E-state index is -4.43. The smallest absolute Gasteiger partial charge is 0.416 e. The SMILES string of the molecule is O=C(O)CCCNc1cc(C(F)(F)F)ccc1Cl. The van der Waals surface area contributed by atoms with Crippen molar-refractivity contribution in [2.75, 3.05) is 11.9 Å². The first kappa shape index (κ1) is 14.6. The average molecular weight is 282 g/mol. The van der Waals surface area contributed by atoms with Crippen LogP contribution in [0.5, 0.6) is 0 Å². The number of alkyl halides is 3. The van der Waals surface area contributed by atoms with E-state index in [-0.39, 0.29) is 23.7 Å². The zero-order valence-corrected chi connectivity index (χ0v) is 9.98. The number of hydrogen-bond acceptors (Lipinski definition) is 2. The molecule has 0 aliphatic carbocycles. The van der Waals surface area contributed by atoms with Crippen molar-refractivity contribution < 1.29 is 23.1 Å². The fourth-order valence-corrected chi connectivity index (χ4v) is 1.48. The van der Waals surface area contributed by atoms with E-state index in [0.29, 0.717) is 6.42 Å². The van der Waals surface area contributed by atoms with Gasteiger partial charge in [-0.2, -0.15) is 13.2 Å². The molecule has 0 fully saturated rings. The Kier molecular flexibility index (Phi) is 4.84. The highest BCUT2D eigenvalue weighted by molar-refractivity contribution is 6.33. The molecule has 2 N–H and O–H groups in total. The summed E-state index contributed by atoms with van der Waals surface area (Å²) in [6.45, 7) is 0.243. The largest absolute Gasteiger partial charge is 0.481 e. The van der Waals surface area contributed by atoms with E-state index in [4.69, 9.17) is 16.7 Å². The van der Waals surface area contributed by atoms with Gasteiger partial charge >= 0.3 is 12.1 Å². The Morgan fingerprint density at radius 1 is 1.39 bits per heavy atom. The van der Waals surface area contributed by atoms with E-state index < -0.39 is 17.7 Å². The zero-order chi connectivity index (χ0) is 13.8. The highest BCUT2D eigenvalue weighted by Gasteiger charge is 2.30. The first-order chi connectivity index (χ1) is 8.30. The summed E-state index contributed by atoms with van der Waals surface area (Å²) >= 11 is 5.74. The highest BCUT2D eigenvalue weighted by atomic mass is 35.5. The van der Waals surface area contributed by atoms with Gasteiger partial charge in [-0.05, 0) is 24.6 Å². The van der Waals surface area contributed by atoms with Gasteiger partial charge in [-0.25, -0.2) is 0 Å². The normalized spacial score (nSPS) is 11.3. The second-order valence-electron chi connectivity index (χ2n) is 3.62. The number of carboxylic acid groups (broad SMARTS) is 1. The number of rotatable bonds is 5. The molecule has 18 heavy (non-hydrogen) atoms. The highest BCUT2D eigenvalue weighted by Crippen LogP contribution is 2.33. The molecule has 100 valence electrons. The third-order valence-electron chi connectivity index (χ3n) is 2.18. The van der Waals surface area contributed by atoms with Crippen LogP contribution in [0.2, 0.25) is 5.02 Å². The van der Waals surface area contributed by atoms with Crippen molar-refractivity contribution in [3.8, 4) is 0 Å². The summed E-state index contributed by atoms with van der Waals surface area (Å²) in [6.07, 6.45) is -4.17. The van der Waals surface area contributed by atoms with Crippen LogP contribution in [0.25, 0.3) is 0 Å². The first-order valence-corrected chi connectivity index (χ1v) is 5.51. The molecule has 0 aromatic heterocycles. The van der Waals surface area contributed by atoms with Crippen LogP contribution in [0.3, 0.4) is 0 Å². The molecular formula is C11H11ClF3NO2. The third-order valence-corrected chi connectivity index (χ3v) is 2.51. The molecular weight excluding hydrogens is 271 g/mol. The van der Waals surface area contributed by atoms with Crippen LogP contribution in [-0.4, -0.2) is 17.6 Å². The van der Waals surface area contributed by atoms with Crippen LogP contribution in [0.15, 0.2) is 18.2 Å². The van der Waals surface area contributed by atoms with Crippen LogP contribution in [0.1, 0.15) is 18.4 Å². The summed E-state index contributed by atoms with van der Waals surface area (Å²) in [4.78, 5) is 10.3. The fraction of sp³-hybridized carbons (Fsp3) is 0.364. The van der Waals surface area contributed by atoms with Crippen LogP contribution >= 0.6 is 11.6 Å². The summed E-state index contributed by atoms with van der Waals surface area (Å²) in [6, 6.07) is 2.96. The predicted octanol–water partition coefficient (Wildman–Crippen LogP) is 3.64. The molecule has 0 unspecified atom stereocenters. The fourth-order valence-electron chi connectivity index (χ4n) is 1.30. The molecule has 0 atom stereocenters. The molecule has 0 aliphatic rings. The number of halogens is 4. The van der Waals surface area contributed by atoms with Crippen molar-refractivity contribution in [1.29, 1.82) is 0 Å². The molecule has 0 saturated carbocycles. The third kappa shape index (κ3) is 4.44. The lowest BCUT2D eigenvalue weighted by Crippen LogP contribution is -2.08. The Balaban J connectivity index is 2.67. The monoisotopic (exact) mass is 281 g/mol. The van der Waals surface area contributed by atoms with Gasteiger partial charge in [-0.1, -0.05) is 11.6 Å². The first-order valence-electron chi connectivity index (χ1n) is 5.13. The van der Waals surface area contributed by atoms with E-state index in [0.717, 1.165) is 18.2 Å². The van der Waals surface area contributed by atoms with Gasteiger partial charge in [0.05, 0.1) is 16.3 Å². The van der Waals surface area contributed by atoms with E-state index >= 15 is 0 Å². The second kappa shape index (κ2) is 5.95. The molecule has 7 heteroatoms. The Morgan fingerprint density at radius 3 is 2.61 bits per heavy atom. The second-order valence-corrected chi connectivity index (χ2v) is 4.02. The minimum Gasteiger partial charge on any atom is -0.481 e. The molecule has 3 nitrogen and oxygen atoms in total. The van der Waals surface area contributed by atoms with Gasteiger partial charge < -0.3 is 10.4 Å². The van der Waals surface area contributed by atoms with E-state index in [2.05, 4.69) is 5.32 Å². The molecule has 0 bridgehead atoms. The maximum atomic E-state index is 12.4. The van der Waals surface area contributed by atoms with Crippen LogP contribution in [0, 0.1) is 0 Å². The minimum absolute atomic E-state index is 0.0520. The molecule has 1 aromatic carbocycles. The topological polar surface area (TPSA) is 49.3 Å². The molecule has 0 radical (unpaired) electrons. The van der Waals surface area contributed by atoms with Crippen LogP contribution in [0.4, 0.5) is 18.9 Å². The van der Waals surface area contributed by atoms with Crippen molar-refractivity contribution >= 4 is 23.3 Å². The average Bonchev–Trinajstić information content (AvgIpc) is 2.24. The summed E-state index contributed by atoms with van der Waals surface area (Å²) in [5.41, 5.74) is -0.649. The van der Waals surface area contributed by atoms with Crippen molar-refractivity contribution in [3.05, 3.63) is 28.8 Å². The molecule has 0 heterocycles. The molecule has 0 aliphatic heterocycles. The molecule has 0 amide bonds. The molecule has 0 spiro atoms. The Hall–Kier alpha value is -1.43. The van der Waals surface area contributed by atoms with E-state index in [1.165, 1.54) is 0 Å². The molecule has 1 aromatic rings. The number of nitrogens with one attached hydrogen (secondary N) is 1. The lowest BCUT2D eigenvalue weighted by Gasteiger charge is -2.12. The number of anilines is 1. The molecule has 0 saturated heterocycles. The quantitative estimate of drug-likeness (QED) is 0.810. The van der Waals surface area contributed by atoms with Crippen LogP contribution in [-0.2, 0) is 11.0 Å². The van der Waals surface area contributed by atoms with Gasteiger partial charge in [0.25, 0.3) is 0 Å². The maximum absolute atomic E-state index is 12.4. The van der Waals surface area contributed by atoms with Crippen molar-refractivity contribution in [2.45, 2.75) is 19.0 Å². The summed E-state index contributed by atoms with van der Waals surface area (Å²) in [5.74, 6) is -0.952.